The van der Waals surface area contributed by atoms with Crippen molar-refractivity contribution in [1.29, 1.82) is 0 Å². The van der Waals surface area contributed by atoms with Crippen molar-refractivity contribution in [2.45, 2.75) is 19.9 Å². The van der Waals surface area contributed by atoms with Crippen molar-refractivity contribution in [3.8, 4) is 11.5 Å². The van der Waals surface area contributed by atoms with E-state index in [9.17, 15) is 9.59 Å². The van der Waals surface area contributed by atoms with E-state index in [0.29, 0.717) is 23.7 Å². The summed E-state index contributed by atoms with van der Waals surface area (Å²) < 4.78 is 10.3. The molecule has 1 atom stereocenters. The van der Waals surface area contributed by atoms with Crippen molar-refractivity contribution < 1.29 is 19.1 Å². The number of ether oxygens (including phenoxy) is 2. The fourth-order valence-electron chi connectivity index (χ4n) is 2.26. The van der Waals surface area contributed by atoms with E-state index >= 15 is 0 Å². The molecule has 0 aliphatic carbocycles. The molecule has 6 heteroatoms. The van der Waals surface area contributed by atoms with Crippen LogP contribution < -0.4 is 20.5 Å². The van der Waals surface area contributed by atoms with E-state index in [1.807, 2.05) is 26.0 Å². The molecule has 2 amide bonds. The first-order chi connectivity index (χ1) is 11.5. The Bertz CT molecular complexity index is 730. The van der Waals surface area contributed by atoms with Gasteiger partial charge in [-0.05, 0) is 43.7 Å². The first-order valence-electron chi connectivity index (χ1n) is 7.61. The molecule has 0 saturated heterocycles. The Hall–Kier alpha value is -3.02. The van der Waals surface area contributed by atoms with E-state index in [1.54, 1.807) is 36.4 Å². The number of hydrogen-bond acceptors (Lipinski definition) is 4. The zero-order valence-electron chi connectivity index (χ0n) is 13.6. The number of primary amides is 1. The van der Waals surface area contributed by atoms with Crippen LogP contribution >= 0.6 is 0 Å². The molecule has 0 saturated carbocycles. The molecule has 3 N–H and O–H groups in total. The largest absolute Gasteiger partial charge is 0.493 e. The Morgan fingerprint density at radius 1 is 1.17 bits per heavy atom. The van der Waals surface area contributed by atoms with Gasteiger partial charge in [0.15, 0.2) is 0 Å². The van der Waals surface area contributed by atoms with Gasteiger partial charge in [0.1, 0.15) is 11.5 Å². The Kier molecular flexibility index (Phi) is 5.78. The lowest BCUT2D eigenvalue weighted by Crippen LogP contribution is -2.27. The number of carbonyl (C=O) groups is 2. The van der Waals surface area contributed by atoms with Crippen LogP contribution in [-0.4, -0.2) is 18.6 Å². The smallest absolute Gasteiger partial charge is 0.409 e. The highest BCUT2D eigenvalue weighted by molar-refractivity contribution is 5.97. The summed E-state index contributed by atoms with van der Waals surface area (Å²) in [5, 5.41) is 2.90. The maximum Gasteiger partial charge on any atom is 0.409 e. The van der Waals surface area contributed by atoms with Crippen LogP contribution in [0.25, 0.3) is 0 Å². The third-order valence-electron chi connectivity index (χ3n) is 3.36. The predicted molar refractivity (Wildman–Crippen MR) is 90.1 cm³/mol. The van der Waals surface area contributed by atoms with E-state index in [4.69, 9.17) is 15.2 Å². The molecule has 0 aliphatic heterocycles. The van der Waals surface area contributed by atoms with Gasteiger partial charge in [0.2, 0.25) is 0 Å². The summed E-state index contributed by atoms with van der Waals surface area (Å²) in [7, 11) is 0. The van der Waals surface area contributed by atoms with Gasteiger partial charge in [0, 0.05) is 0 Å². The molecule has 0 fully saturated rings. The molecule has 0 aromatic heterocycles. The number of carbonyl (C=O) groups excluding carboxylic acids is 2. The number of amides is 2. The van der Waals surface area contributed by atoms with Gasteiger partial charge in [0.25, 0.3) is 5.91 Å². The molecule has 126 valence electrons. The van der Waals surface area contributed by atoms with Crippen molar-refractivity contribution in [1.82, 2.24) is 5.32 Å². The number of rotatable bonds is 6. The number of nitrogens with two attached hydrogens (primary N) is 1. The molecule has 0 bridgehead atoms. The van der Waals surface area contributed by atoms with Crippen molar-refractivity contribution in [3.63, 3.8) is 0 Å². The van der Waals surface area contributed by atoms with Gasteiger partial charge in [-0.3, -0.25) is 4.79 Å². The second kappa shape index (κ2) is 8.01. The average molecular weight is 328 g/mol. The maximum atomic E-state index is 12.5. The summed E-state index contributed by atoms with van der Waals surface area (Å²) in [6.07, 6.45) is -0.880. The number of para-hydroxylation sites is 1. The average Bonchev–Trinajstić information content (AvgIpc) is 2.55. The summed E-state index contributed by atoms with van der Waals surface area (Å²) in [5.74, 6) is 0.624. The minimum atomic E-state index is -0.880. The molecule has 2 rings (SSSR count). The van der Waals surface area contributed by atoms with Gasteiger partial charge < -0.3 is 20.5 Å². The summed E-state index contributed by atoms with van der Waals surface area (Å²) in [4.78, 5) is 23.3. The monoisotopic (exact) mass is 328 g/mol. The molecule has 2 aromatic rings. The van der Waals surface area contributed by atoms with E-state index in [0.717, 1.165) is 5.56 Å². The van der Waals surface area contributed by atoms with E-state index in [-0.39, 0.29) is 11.9 Å². The molecular formula is C18H20N2O4. The first-order valence-corrected chi connectivity index (χ1v) is 7.61. The lowest BCUT2D eigenvalue weighted by atomic mass is 10.1. The Balaban J connectivity index is 2.13. The molecular weight excluding hydrogens is 308 g/mol. The zero-order valence-corrected chi connectivity index (χ0v) is 13.6. The lowest BCUT2D eigenvalue weighted by Gasteiger charge is -2.16. The highest BCUT2D eigenvalue weighted by atomic mass is 16.5. The molecule has 0 aliphatic rings. The fourth-order valence-corrected chi connectivity index (χ4v) is 2.26. The number of nitrogens with one attached hydrogen (secondary N) is 1. The highest BCUT2D eigenvalue weighted by Crippen LogP contribution is 2.22. The van der Waals surface area contributed by atoms with E-state index in [2.05, 4.69) is 5.32 Å². The van der Waals surface area contributed by atoms with E-state index < -0.39 is 6.09 Å². The Labute approximate surface area is 140 Å². The quantitative estimate of drug-likeness (QED) is 0.852. The van der Waals surface area contributed by atoms with Gasteiger partial charge in [-0.25, -0.2) is 4.79 Å². The van der Waals surface area contributed by atoms with Crippen LogP contribution in [0.2, 0.25) is 0 Å². The van der Waals surface area contributed by atoms with Crippen LogP contribution in [-0.2, 0) is 0 Å². The molecule has 6 nitrogen and oxygen atoms in total. The third-order valence-corrected chi connectivity index (χ3v) is 3.36. The summed E-state index contributed by atoms with van der Waals surface area (Å²) in [5.41, 5.74) is 6.26. The van der Waals surface area contributed by atoms with Crippen molar-refractivity contribution in [2.24, 2.45) is 5.73 Å². The number of benzene rings is 2. The second-order valence-electron chi connectivity index (χ2n) is 5.12. The Morgan fingerprint density at radius 2 is 1.92 bits per heavy atom. The van der Waals surface area contributed by atoms with Crippen LogP contribution in [0.15, 0.2) is 48.5 Å². The minimum absolute atomic E-state index is 0.243. The lowest BCUT2D eigenvalue weighted by molar-refractivity contribution is 0.0936. The summed E-state index contributed by atoms with van der Waals surface area (Å²) in [6, 6.07) is 13.6. The highest BCUT2D eigenvalue weighted by Gasteiger charge is 2.16. The van der Waals surface area contributed by atoms with Crippen molar-refractivity contribution in [3.05, 3.63) is 59.7 Å². The van der Waals surface area contributed by atoms with Gasteiger partial charge in [-0.1, -0.05) is 24.3 Å². The van der Waals surface area contributed by atoms with Crippen LogP contribution in [0.4, 0.5) is 4.79 Å². The third kappa shape index (κ3) is 4.49. The normalized spacial score (nSPS) is 11.4. The van der Waals surface area contributed by atoms with Crippen LogP contribution in [0.3, 0.4) is 0 Å². The molecule has 0 heterocycles. The summed E-state index contributed by atoms with van der Waals surface area (Å²) >= 11 is 0. The topological polar surface area (TPSA) is 90.7 Å². The van der Waals surface area contributed by atoms with Gasteiger partial charge >= 0.3 is 6.09 Å². The molecule has 1 unspecified atom stereocenters. The molecule has 24 heavy (non-hydrogen) atoms. The summed E-state index contributed by atoms with van der Waals surface area (Å²) in [6.45, 7) is 4.18. The molecule has 2 aromatic carbocycles. The number of hydrogen-bond donors (Lipinski definition) is 2. The minimum Gasteiger partial charge on any atom is -0.493 e. The zero-order chi connectivity index (χ0) is 17.5. The fraction of sp³-hybridized carbons (Fsp3) is 0.222. The SMILES string of the molecule is CCOc1ccccc1C(=O)NC(C)c1cccc(OC(N)=O)c1. The standard InChI is InChI=1S/C18H20N2O4/c1-3-23-16-10-5-4-9-15(16)17(21)20-12(2)13-7-6-8-14(11-13)24-18(19)22/h4-12H,3H2,1-2H3,(H2,19,22)(H,20,21). The molecule has 0 radical (unpaired) electrons. The van der Waals surface area contributed by atoms with Gasteiger partial charge in [-0.2, -0.15) is 0 Å². The maximum absolute atomic E-state index is 12.5. The van der Waals surface area contributed by atoms with Crippen LogP contribution in [0.1, 0.15) is 35.8 Å². The van der Waals surface area contributed by atoms with E-state index in [1.165, 1.54) is 0 Å². The van der Waals surface area contributed by atoms with Gasteiger partial charge in [-0.15, -0.1) is 0 Å². The van der Waals surface area contributed by atoms with Crippen LogP contribution in [0.5, 0.6) is 11.5 Å². The van der Waals surface area contributed by atoms with Crippen molar-refractivity contribution in [2.75, 3.05) is 6.61 Å². The van der Waals surface area contributed by atoms with Gasteiger partial charge in [0.05, 0.1) is 18.2 Å². The second-order valence-corrected chi connectivity index (χ2v) is 5.12. The first kappa shape index (κ1) is 17.3. The van der Waals surface area contributed by atoms with Crippen molar-refractivity contribution >= 4 is 12.0 Å². The van der Waals surface area contributed by atoms with Crippen LogP contribution in [0, 0.1) is 0 Å². The predicted octanol–water partition coefficient (Wildman–Crippen LogP) is 3.03. The Morgan fingerprint density at radius 3 is 2.62 bits per heavy atom. The molecule has 0 spiro atoms.